The minimum absolute atomic E-state index is 0.0144. The lowest BCUT2D eigenvalue weighted by molar-refractivity contribution is -0.385. The van der Waals surface area contributed by atoms with Gasteiger partial charge < -0.3 is 9.47 Å². The van der Waals surface area contributed by atoms with E-state index in [0.717, 1.165) is 0 Å². The summed E-state index contributed by atoms with van der Waals surface area (Å²) in [6, 6.07) is 4.50. The molecule has 0 aliphatic carbocycles. The van der Waals surface area contributed by atoms with Crippen molar-refractivity contribution in [1.29, 1.82) is 0 Å². The smallest absolute Gasteiger partial charge is 0.306 e. The first-order chi connectivity index (χ1) is 9.93. The zero-order valence-corrected chi connectivity index (χ0v) is 12.0. The topological polar surface area (TPSA) is 95.7 Å². The number of nitrogens with zero attached hydrogens (tertiary/aromatic N) is 1. The third-order valence-corrected chi connectivity index (χ3v) is 2.70. The van der Waals surface area contributed by atoms with Gasteiger partial charge in [0.05, 0.1) is 24.4 Å². The van der Waals surface area contributed by atoms with Gasteiger partial charge in [-0.15, -0.1) is 0 Å². The molecule has 0 saturated heterocycles. The highest BCUT2D eigenvalue weighted by Crippen LogP contribution is 2.19. The zero-order valence-electron chi connectivity index (χ0n) is 12.0. The molecule has 0 amide bonds. The van der Waals surface area contributed by atoms with Crippen molar-refractivity contribution in [3.05, 3.63) is 39.4 Å². The largest absolute Gasteiger partial charge is 0.466 e. The molecule has 21 heavy (non-hydrogen) atoms. The Morgan fingerprint density at radius 2 is 1.81 bits per heavy atom. The van der Waals surface area contributed by atoms with Crippen molar-refractivity contribution in [3.63, 3.8) is 0 Å². The van der Waals surface area contributed by atoms with E-state index < -0.39 is 16.9 Å². The monoisotopic (exact) mass is 295 g/mol. The molecular formula is C14H17NO6. The lowest BCUT2D eigenvalue weighted by Gasteiger charge is -2.06. The summed E-state index contributed by atoms with van der Waals surface area (Å²) < 4.78 is 9.69. The van der Waals surface area contributed by atoms with Gasteiger partial charge in [-0.3, -0.25) is 19.7 Å². The van der Waals surface area contributed by atoms with Gasteiger partial charge in [-0.2, -0.15) is 0 Å². The molecular weight excluding hydrogens is 278 g/mol. The molecule has 7 heteroatoms. The second-order valence-corrected chi connectivity index (χ2v) is 4.34. The molecule has 1 aromatic carbocycles. The molecule has 0 spiro atoms. The van der Waals surface area contributed by atoms with E-state index >= 15 is 0 Å². The number of hydrogen-bond acceptors (Lipinski definition) is 6. The van der Waals surface area contributed by atoms with Crippen molar-refractivity contribution in [2.45, 2.75) is 33.3 Å². The SMILES string of the molecule is CCOC(=O)CCC(=O)OCc1ccc([N+](=O)[O-])c(C)c1. The number of carbonyl (C=O) groups excluding carboxylic acids is 2. The van der Waals surface area contributed by atoms with Gasteiger partial charge in [0.1, 0.15) is 6.61 Å². The van der Waals surface area contributed by atoms with Crippen LogP contribution in [0.25, 0.3) is 0 Å². The predicted octanol–water partition coefficient (Wildman–Crippen LogP) is 2.29. The maximum atomic E-state index is 11.4. The van der Waals surface area contributed by atoms with Crippen molar-refractivity contribution in [2.75, 3.05) is 6.61 Å². The summed E-state index contributed by atoms with van der Waals surface area (Å²) >= 11 is 0. The average molecular weight is 295 g/mol. The van der Waals surface area contributed by atoms with Crippen molar-refractivity contribution in [1.82, 2.24) is 0 Å². The van der Waals surface area contributed by atoms with Crippen molar-refractivity contribution < 1.29 is 24.0 Å². The lowest BCUT2D eigenvalue weighted by Crippen LogP contribution is -2.10. The molecule has 0 unspecified atom stereocenters. The van der Waals surface area contributed by atoms with Crippen molar-refractivity contribution >= 4 is 17.6 Å². The molecule has 1 aromatic rings. The Kier molecular flexibility index (Phi) is 6.32. The van der Waals surface area contributed by atoms with Crippen LogP contribution < -0.4 is 0 Å². The Morgan fingerprint density at radius 3 is 2.33 bits per heavy atom. The Bertz CT molecular complexity index is 540. The maximum absolute atomic E-state index is 11.4. The first-order valence-electron chi connectivity index (χ1n) is 6.49. The number of hydrogen-bond donors (Lipinski definition) is 0. The first-order valence-corrected chi connectivity index (χ1v) is 6.49. The van der Waals surface area contributed by atoms with E-state index in [1.807, 2.05) is 0 Å². The fourth-order valence-electron chi connectivity index (χ4n) is 1.69. The molecule has 0 saturated carbocycles. The quantitative estimate of drug-likeness (QED) is 0.435. The van der Waals surface area contributed by atoms with Crippen LogP contribution in [0.15, 0.2) is 18.2 Å². The standard InChI is InChI=1S/C14H17NO6/c1-3-20-13(16)6-7-14(17)21-9-11-4-5-12(15(18)19)10(2)8-11/h4-5,8H,3,6-7,9H2,1-2H3. The molecule has 0 atom stereocenters. The predicted molar refractivity (Wildman–Crippen MR) is 73.5 cm³/mol. The van der Waals surface area contributed by atoms with Gasteiger partial charge in [0.25, 0.3) is 5.69 Å². The van der Waals surface area contributed by atoms with Crippen LogP contribution in [-0.4, -0.2) is 23.5 Å². The highest BCUT2D eigenvalue weighted by molar-refractivity contribution is 5.77. The summed E-state index contributed by atoms with van der Waals surface area (Å²) in [6.45, 7) is 3.59. The van der Waals surface area contributed by atoms with Gasteiger partial charge in [0.2, 0.25) is 0 Å². The van der Waals surface area contributed by atoms with Gasteiger partial charge in [-0.25, -0.2) is 0 Å². The van der Waals surface area contributed by atoms with Crippen LogP contribution in [0, 0.1) is 17.0 Å². The van der Waals surface area contributed by atoms with Crippen LogP contribution >= 0.6 is 0 Å². The fraction of sp³-hybridized carbons (Fsp3) is 0.429. The fourth-order valence-corrected chi connectivity index (χ4v) is 1.69. The second kappa shape index (κ2) is 7.98. The third-order valence-electron chi connectivity index (χ3n) is 2.70. The van der Waals surface area contributed by atoms with E-state index in [0.29, 0.717) is 11.1 Å². The summed E-state index contributed by atoms with van der Waals surface area (Å²) in [6.07, 6.45) is -0.0727. The van der Waals surface area contributed by atoms with E-state index in [4.69, 9.17) is 9.47 Å². The summed E-state index contributed by atoms with van der Waals surface area (Å²) in [5.41, 5.74) is 1.18. The Labute approximate surface area is 122 Å². The molecule has 0 aromatic heterocycles. The second-order valence-electron chi connectivity index (χ2n) is 4.34. The molecule has 0 radical (unpaired) electrons. The Morgan fingerprint density at radius 1 is 1.19 bits per heavy atom. The minimum atomic E-state index is -0.515. The van der Waals surface area contributed by atoms with Crippen LogP contribution in [0.2, 0.25) is 0 Å². The molecule has 1 rings (SSSR count). The van der Waals surface area contributed by atoms with Gasteiger partial charge >= 0.3 is 11.9 Å². The minimum Gasteiger partial charge on any atom is -0.466 e. The molecule has 0 aliphatic heterocycles. The van der Waals surface area contributed by atoms with Crippen LogP contribution in [0.1, 0.15) is 30.9 Å². The number of rotatable bonds is 7. The number of carbonyl (C=O) groups is 2. The van der Waals surface area contributed by atoms with E-state index in [1.165, 1.54) is 12.1 Å². The van der Waals surface area contributed by atoms with Crippen LogP contribution in [0.3, 0.4) is 0 Å². The van der Waals surface area contributed by atoms with E-state index in [9.17, 15) is 19.7 Å². The van der Waals surface area contributed by atoms with Gasteiger partial charge in [-0.1, -0.05) is 0 Å². The normalized spacial score (nSPS) is 10.0. The highest BCUT2D eigenvalue weighted by Gasteiger charge is 2.12. The van der Waals surface area contributed by atoms with E-state index in [-0.39, 0.29) is 31.7 Å². The summed E-state index contributed by atoms with van der Waals surface area (Å²) in [5, 5.41) is 10.7. The molecule has 0 fully saturated rings. The van der Waals surface area contributed by atoms with E-state index in [2.05, 4.69) is 0 Å². The van der Waals surface area contributed by atoms with Gasteiger partial charge in [0, 0.05) is 11.6 Å². The van der Waals surface area contributed by atoms with Crippen molar-refractivity contribution in [2.24, 2.45) is 0 Å². The lowest BCUT2D eigenvalue weighted by atomic mass is 10.1. The highest BCUT2D eigenvalue weighted by atomic mass is 16.6. The molecule has 114 valence electrons. The van der Waals surface area contributed by atoms with Crippen molar-refractivity contribution in [3.8, 4) is 0 Å². The van der Waals surface area contributed by atoms with E-state index in [1.54, 1.807) is 19.9 Å². The number of benzene rings is 1. The Hall–Kier alpha value is -2.44. The number of nitro benzene ring substituents is 1. The average Bonchev–Trinajstić information content (AvgIpc) is 2.43. The molecule has 0 bridgehead atoms. The molecule has 7 nitrogen and oxygen atoms in total. The molecule has 0 aliphatic rings. The summed E-state index contributed by atoms with van der Waals surface area (Å²) in [4.78, 5) is 32.7. The maximum Gasteiger partial charge on any atom is 0.306 e. The van der Waals surface area contributed by atoms with Gasteiger partial charge in [-0.05, 0) is 31.5 Å². The number of aryl methyl sites for hydroxylation is 1. The third kappa shape index (κ3) is 5.60. The molecule has 0 N–H and O–H groups in total. The number of nitro groups is 1. The summed E-state index contributed by atoms with van der Waals surface area (Å²) in [5.74, 6) is -0.959. The van der Waals surface area contributed by atoms with Crippen LogP contribution in [-0.2, 0) is 25.7 Å². The zero-order chi connectivity index (χ0) is 15.8. The number of ether oxygens (including phenoxy) is 2. The van der Waals surface area contributed by atoms with Gasteiger partial charge in [0.15, 0.2) is 0 Å². The van der Waals surface area contributed by atoms with Crippen LogP contribution in [0.4, 0.5) is 5.69 Å². The summed E-state index contributed by atoms with van der Waals surface area (Å²) in [7, 11) is 0. The molecule has 0 heterocycles. The first kappa shape index (κ1) is 16.6. The van der Waals surface area contributed by atoms with Crippen LogP contribution in [0.5, 0.6) is 0 Å². The Balaban J connectivity index is 2.45. The number of esters is 2.